The second kappa shape index (κ2) is 8.80. The van der Waals surface area contributed by atoms with Crippen LogP contribution in [0.25, 0.3) is 0 Å². The van der Waals surface area contributed by atoms with Crippen molar-refractivity contribution < 1.29 is 18.8 Å². The quantitative estimate of drug-likeness (QED) is 0.810. The Kier molecular flexibility index (Phi) is 6.74. The maximum atomic E-state index is 12.6. The van der Waals surface area contributed by atoms with Gasteiger partial charge in [0.1, 0.15) is 6.61 Å². The highest BCUT2D eigenvalue weighted by atomic mass is 16.5. The molecule has 140 valence electrons. The average Bonchev–Trinajstić information content (AvgIpc) is 3.02. The molecule has 1 aliphatic heterocycles. The molecular weight excluding hydrogens is 326 g/mol. The monoisotopic (exact) mass is 353 g/mol. The Balaban J connectivity index is 2.14. The molecular formula is C16H27N5O4. The Bertz CT molecular complexity index is 587. The normalized spacial score (nSPS) is 20.4. The number of nitrogens with one attached hydrogen (secondary N) is 1. The fraction of sp³-hybridized carbons (Fsp3) is 0.750. The van der Waals surface area contributed by atoms with Gasteiger partial charge >= 0.3 is 6.03 Å². The minimum Gasteiger partial charge on any atom is -0.375 e. The molecule has 2 atom stereocenters. The molecule has 1 aliphatic rings. The summed E-state index contributed by atoms with van der Waals surface area (Å²) in [6, 6.07) is -0.313. The summed E-state index contributed by atoms with van der Waals surface area (Å²) < 4.78 is 10.2. The van der Waals surface area contributed by atoms with Gasteiger partial charge in [0.15, 0.2) is 5.82 Å². The number of hydrogen-bond acceptors (Lipinski definition) is 6. The summed E-state index contributed by atoms with van der Waals surface area (Å²) in [7, 11) is 1.47. The van der Waals surface area contributed by atoms with E-state index in [1.807, 2.05) is 13.8 Å². The van der Waals surface area contributed by atoms with Crippen LogP contribution in [0.2, 0.25) is 0 Å². The molecule has 0 saturated carbocycles. The van der Waals surface area contributed by atoms with E-state index in [9.17, 15) is 9.59 Å². The van der Waals surface area contributed by atoms with Crippen LogP contribution in [0.5, 0.6) is 0 Å². The molecule has 1 saturated heterocycles. The van der Waals surface area contributed by atoms with Crippen molar-refractivity contribution in [3.8, 4) is 0 Å². The number of carbonyl (C=O) groups excluding carboxylic acids is 2. The van der Waals surface area contributed by atoms with Crippen molar-refractivity contribution in [2.75, 3.05) is 39.9 Å². The molecule has 0 aromatic carbocycles. The number of hydrogen-bond donors (Lipinski definition) is 1. The lowest BCUT2D eigenvalue weighted by Gasteiger charge is -2.39. The van der Waals surface area contributed by atoms with Gasteiger partial charge in [0.2, 0.25) is 11.8 Å². The lowest BCUT2D eigenvalue weighted by molar-refractivity contribution is -0.126. The zero-order valence-corrected chi connectivity index (χ0v) is 15.3. The topological polar surface area (TPSA) is 101 Å². The van der Waals surface area contributed by atoms with E-state index in [1.165, 1.54) is 7.11 Å². The van der Waals surface area contributed by atoms with Crippen LogP contribution in [0.15, 0.2) is 4.52 Å². The predicted molar refractivity (Wildman–Crippen MR) is 90.1 cm³/mol. The number of piperidine rings is 1. The molecule has 1 fully saturated rings. The van der Waals surface area contributed by atoms with Gasteiger partial charge in [-0.05, 0) is 27.2 Å². The molecule has 2 heterocycles. The lowest BCUT2D eigenvalue weighted by Crippen LogP contribution is -2.56. The molecule has 1 aromatic rings. The smallest absolute Gasteiger partial charge is 0.320 e. The molecule has 2 rings (SSSR count). The first-order chi connectivity index (χ1) is 12.0. The van der Waals surface area contributed by atoms with E-state index in [2.05, 4.69) is 15.5 Å². The van der Waals surface area contributed by atoms with Crippen molar-refractivity contribution >= 4 is 11.9 Å². The number of aromatic nitrogens is 2. The van der Waals surface area contributed by atoms with Crippen LogP contribution >= 0.6 is 0 Å². The van der Waals surface area contributed by atoms with Gasteiger partial charge in [-0.2, -0.15) is 4.98 Å². The number of aryl methyl sites for hydroxylation is 1. The number of likely N-dealkylation sites (tertiary alicyclic amines) is 1. The zero-order valence-electron chi connectivity index (χ0n) is 15.3. The first kappa shape index (κ1) is 19.2. The first-order valence-electron chi connectivity index (χ1n) is 8.62. The van der Waals surface area contributed by atoms with Gasteiger partial charge < -0.3 is 24.4 Å². The minimum atomic E-state index is -0.296. The van der Waals surface area contributed by atoms with Crippen LogP contribution in [0, 0.1) is 6.92 Å². The predicted octanol–water partition coefficient (Wildman–Crippen LogP) is 0.760. The number of urea groups is 1. The average molecular weight is 353 g/mol. The summed E-state index contributed by atoms with van der Waals surface area (Å²) in [4.78, 5) is 32.5. The van der Waals surface area contributed by atoms with Crippen LogP contribution in [0.4, 0.5) is 4.79 Å². The van der Waals surface area contributed by atoms with Crippen LogP contribution in [-0.2, 0) is 9.53 Å². The second-order valence-electron chi connectivity index (χ2n) is 6.08. The highest BCUT2D eigenvalue weighted by Crippen LogP contribution is 2.28. The summed E-state index contributed by atoms with van der Waals surface area (Å²) in [6.07, 6.45) is 0.645. The van der Waals surface area contributed by atoms with Gasteiger partial charge in [-0.15, -0.1) is 0 Å². The second-order valence-corrected chi connectivity index (χ2v) is 6.08. The maximum absolute atomic E-state index is 12.6. The van der Waals surface area contributed by atoms with Crippen molar-refractivity contribution in [1.82, 2.24) is 25.3 Å². The van der Waals surface area contributed by atoms with Crippen LogP contribution < -0.4 is 5.32 Å². The summed E-state index contributed by atoms with van der Waals surface area (Å²) in [5, 5.41) is 6.77. The SMILES string of the molecule is CCN(CC)C(=O)N1CC[C@H](c2nc(C)no2)[C@H](NC(=O)COC)C1. The number of nitrogens with zero attached hydrogens (tertiary/aromatic N) is 4. The van der Waals surface area contributed by atoms with Crippen molar-refractivity contribution in [2.45, 2.75) is 39.2 Å². The number of carbonyl (C=O) groups is 2. The third kappa shape index (κ3) is 4.68. The van der Waals surface area contributed by atoms with Crippen molar-refractivity contribution in [2.24, 2.45) is 0 Å². The minimum absolute atomic E-state index is 0.0175. The molecule has 0 bridgehead atoms. The Morgan fingerprint density at radius 1 is 1.40 bits per heavy atom. The number of ether oxygens (including phenoxy) is 1. The molecule has 9 heteroatoms. The number of rotatable bonds is 6. The molecule has 3 amide bonds. The molecule has 0 radical (unpaired) electrons. The summed E-state index contributed by atoms with van der Waals surface area (Å²) >= 11 is 0. The van der Waals surface area contributed by atoms with Gasteiger partial charge in [-0.25, -0.2) is 4.79 Å². The highest BCUT2D eigenvalue weighted by Gasteiger charge is 2.37. The first-order valence-corrected chi connectivity index (χ1v) is 8.62. The van der Waals surface area contributed by atoms with E-state index < -0.39 is 0 Å². The van der Waals surface area contributed by atoms with Crippen molar-refractivity contribution in [3.05, 3.63) is 11.7 Å². The lowest BCUT2D eigenvalue weighted by atomic mass is 9.91. The van der Waals surface area contributed by atoms with Crippen LogP contribution in [-0.4, -0.2) is 77.8 Å². The zero-order chi connectivity index (χ0) is 18.4. The van der Waals surface area contributed by atoms with Gasteiger partial charge in [-0.1, -0.05) is 5.16 Å². The fourth-order valence-electron chi connectivity index (χ4n) is 3.11. The Labute approximate surface area is 147 Å². The third-order valence-corrected chi connectivity index (χ3v) is 4.40. The van der Waals surface area contributed by atoms with Crippen LogP contribution in [0.3, 0.4) is 0 Å². The largest absolute Gasteiger partial charge is 0.375 e. The van der Waals surface area contributed by atoms with Gasteiger partial charge in [0.05, 0.1) is 12.0 Å². The van der Waals surface area contributed by atoms with Gasteiger partial charge in [0.25, 0.3) is 0 Å². The molecule has 1 aromatic heterocycles. The number of amides is 3. The van der Waals surface area contributed by atoms with E-state index in [0.717, 1.165) is 0 Å². The summed E-state index contributed by atoms with van der Waals surface area (Å²) in [5.41, 5.74) is 0. The molecule has 0 unspecified atom stereocenters. The Morgan fingerprint density at radius 2 is 2.12 bits per heavy atom. The van der Waals surface area contributed by atoms with Crippen molar-refractivity contribution in [1.29, 1.82) is 0 Å². The van der Waals surface area contributed by atoms with E-state index >= 15 is 0 Å². The summed E-state index contributed by atoms with van der Waals surface area (Å²) in [5.74, 6) is 0.697. The van der Waals surface area contributed by atoms with E-state index in [0.29, 0.717) is 44.3 Å². The van der Waals surface area contributed by atoms with Crippen molar-refractivity contribution in [3.63, 3.8) is 0 Å². The Hall–Kier alpha value is -2.16. The Morgan fingerprint density at radius 3 is 2.68 bits per heavy atom. The van der Waals surface area contributed by atoms with Gasteiger partial charge in [-0.3, -0.25) is 4.79 Å². The molecule has 9 nitrogen and oxygen atoms in total. The molecule has 25 heavy (non-hydrogen) atoms. The fourth-order valence-corrected chi connectivity index (χ4v) is 3.11. The van der Waals surface area contributed by atoms with E-state index in [1.54, 1.807) is 16.7 Å². The van der Waals surface area contributed by atoms with Crippen LogP contribution in [0.1, 0.15) is 37.9 Å². The molecule has 0 spiro atoms. The summed E-state index contributed by atoms with van der Waals surface area (Å²) in [6.45, 7) is 7.91. The third-order valence-electron chi connectivity index (χ3n) is 4.40. The van der Waals surface area contributed by atoms with Gasteiger partial charge in [0, 0.05) is 33.3 Å². The molecule has 1 N–H and O–H groups in total. The molecule has 0 aliphatic carbocycles. The maximum Gasteiger partial charge on any atom is 0.320 e. The number of methoxy groups -OCH3 is 1. The highest BCUT2D eigenvalue weighted by molar-refractivity contribution is 5.78. The van der Waals surface area contributed by atoms with E-state index in [4.69, 9.17) is 9.26 Å². The van der Waals surface area contributed by atoms with E-state index in [-0.39, 0.29) is 30.5 Å². The standard InChI is InChI=1S/C16H27N5O4/c1-5-20(6-2)16(23)21-8-7-12(15-17-11(3)19-25-15)13(9-21)18-14(22)10-24-4/h12-13H,5-10H2,1-4H3,(H,18,22)/t12-,13+/m0/s1.